The van der Waals surface area contributed by atoms with E-state index in [0.717, 1.165) is 11.3 Å². The molecule has 0 unspecified atom stereocenters. The van der Waals surface area contributed by atoms with Gasteiger partial charge < -0.3 is 9.64 Å². The molecule has 3 heteroatoms. The van der Waals surface area contributed by atoms with Gasteiger partial charge in [0, 0.05) is 31.3 Å². The first kappa shape index (κ1) is 13.3. The van der Waals surface area contributed by atoms with Gasteiger partial charge in [0.05, 0.1) is 7.11 Å². The molecular weight excluding hydrogens is 214 g/mol. The van der Waals surface area contributed by atoms with Crippen molar-refractivity contribution in [3.8, 4) is 0 Å². The predicted molar refractivity (Wildman–Crippen MR) is 70.3 cm³/mol. The van der Waals surface area contributed by atoms with Gasteiger partial charge in [0.2, 0.25) is 0 Å². The third-order valence-corrected chi connectivity index (χ3v) is 2.88. The van der Waals surface area contributed by atoms with Gasteiger partial charge in [0.1, 0.15) is 0 Å². The molecule has 92 valence electrons. The molecule has 0 radical (unpaired) electrons. The van der Waals surface area contributed by atoms with E-state index in [1.807, 2.05) is 50.2 Å². The van der Waals surface area contributed by atoms with Crippen LogP contribution in [0.4, 0.5) is 5.69 Å². The molecule has 0 saturated heterocycles. The molecule has 17 heavy (non-hydrogen) atoms. The van der Waals surface area contributed by atoms with Gasteiger partial charge in [0.25, 0.3) is 0 Å². The van der Waals surface area contributed by atoms with Crippen LogP contribution in [0.2, 0.25) is 0 Å². The summed E-state index contributed by atoms with van der Waals surface area (Å²) in [4.78, 5) is 13.4. The summed E-state index contributed by atoms with van der Waals surface area (Å²) in [5, 5.41) is 0. The van der Waals surface area contributed by atoms with Crippen molar-refractivity contribution in [3.63, 3.8) is 0 Å². The Labute approximate surface area is 103 Å². The van der Waals surface area contributed by atoms with Crippen molar-refractivity contribution >= 4 is 11.7 Å². The number of anilines is 1. The number of esters is 1. The second-order valence-electron chi connectivity index (χ2n) is 4.22. The summed E-state index contributed by atoms with van der Waals surface area (Å²) in [5.41, 5.74) is 2.67. The summed E-state index contributed by atoms with van der Waals surface area (Å²) >= 11 is 0. The van der Waals surface area contributed by atoms with E-state index in [0.29, 0.717) is 5.57 Å². The van der Waals surface area contributed by atoms with Gasteiger partial charge in [-0.15, -0.1) is 0 Å². The van der Waals surface area contributed by atoms with E-state index in [4.69, 9.17) is 0 Å². The van der Waals surface area contributed by atoms with Gasteiger partial charge in [-0.25, -0.2) is 4.79 Å². The van der Waals surface area contributed by atoms with E-state index in [1.165, 1.54) is 7.11 Å². The topological polar surface area (TPSA) is 29.5 Å². The number of hydrogen-bond acceptors (Lipinski definition) is 3. The molecule has 0 aliphatic rings. The largest absolute Gasteiger partial charge is 0.466 e. The van der Waals surface area contributed by atoms with Gasteiger partial charge in [-0.1, -0.05) is 25.6 Å². The Balaban J connectivity index is 2.86. The van der Waals surface area contributed by atoms with Crippen LogP contribution in [0, 0.1) is 0 Å². The monoisotopic (exact) mass is 233 g/mol. The third-order valence-electron chi connectivity index (χ3n) is 2.88. The van der Waals surface area contributed by atoms with Crippen LogP contribution in [0.1, 0.15) is 18.4 Å². The Morgan fingerprint density at radius 1 is 1.29 bits per heavy atom. The van der Waals surface area contributed by atoms with Crippen molar-refractivity contribution in [2.24, 2.45) is 0 Å². The second-order valence-corrected chi connectivity index (χ2v) is 4.22. The standard InChI is InChI=1S/C14H19NO2/c1-10(11(2)14(16)17-5)12-6-8-13(9-7-12)15(3)4/h6-10H,2H2,1,3-5H3/t10-/m0/s1. The average molecular weight is 233 g/mol. The lowest BCUT2D eigenvalue weighted by atomic mass is 9.94. The molecular formula is C14H19NO2. The van der Waals surface area contributed by atoms with Crippen molar-refractivity contribution in [3.05, 3.63) is 42.0 Å². The highest BCUT2D eigenvalue weighted by Crippen LogP contribution is 2.25. The summed E-state index contributed by atoms with van der Waals surface area (Å²) in [6, 6.07) is 8.06. The third kappa shape index (κ3) is 3.09. The minimum atomic E-state index is -0.353. The highest BCUT2D eigenvalue weighted by Gasteiger charge is 2.16. The molecule has 0 amide bonds. The summed E-state index contributed by atoms with van der Waals surface area (Å²) in [6.07, 6.45) is 0. The zero-order chi connectivity index (χ0) is 13.0. The molecule has 1 aromatic rings. The molecule has 0 bridgehead atoms. The van der Waals surface area contributed by atoms with E-state index < -0.39 is 0 Å². The van der Waals surface area contributed by atoms with Crippen LogP contribution >= 0.6 is 0 Å². The Kier molecular flexibility index (Phi) is 4.32. The zero-order valence-corrected chi connectivity index (χ0v) is 10.9. The molecule has 1 rings (SSSR count). The lowest BCUT2D eigenvalue weighted by Gasteiger charge is -2.16. The fraction of sp³-hybridized carbons (Fsp3) is 0.357. The van der Waals surface area contributed by atoms with Crippen LogP contribution < -0.4 is 4.90 Å². The number of benzene rings is 1. The number of carbonyl (C=O) groups is 1. The van der Waals surface area contributed by atoms with Crippen LogP contribution in [0.15, 0.2) is 36.4 Å². The highest BCUT2D eigenvalue weighted by atomic mass is 16.5. The fourth-order valence-electron chi connectivity index (χ4n) is 1.57. The highest BCUT2D eigenvalue weighted by molar-refractivity contribution is 5.89. The van der Waals surface area contributed by atoms with Gasteiger partial charge in [-0.05, 0) is 17.7 Å². The quantitative estimate of drug-likeness (QED) is 0.591. The SMILES string of the molecule is C=C(C(=O)OC)[C@H](C)c1ccc(N(C)C)cc1. The first-order valence-electron chi connectivity index (χ1n) is 5.51. The summed E-state index contributed by atoms with van der Waals surface area (Å²) in [5.74, 6) is -0.382. The first-order chi connectivity index (χ1) is 7.97. The van der Waals surface area contributed by atoms with E-state index in [-0.39, 0.29) is 11.9 Å². The van der Waals surface area contributed by atoms with Crippen LogP contribution in [-0.4, -0.2) is 27.2 Å². The van der Waals surface area contributed by atoms with Crippen LogP contribution in [0.5, 0.6) is 0 Å². The minimum absolute atomic E-state index is 0.0290. The van der Waals surface area contributed by atoms with Crippen molar-refractivity contribution < 1.29 is 9.53 Å². The molecule has 0 saturated carbocycles. The molecule has 0 fully saturated rings. The number of ether oxygens (including phenoxy) is 1. The van der Waals surface area contributed by atoms with E-state index in [2.05, 4.69) is 11.3 Å². The van der Waals surface area contributed by atoms with Gasteiger partial charge in [-0.3, -0.25) is 0 Å². The summed E-state index contributed by atoms with van der Waals surface area (Å²) in [7, 11) is 5.35. The van der Waals surface area contributed by atoms with Crippen molar-refractivity contribution in [2.75, 3.05) is 26.1 Å². The normalized spacial score (nSPS) is 11.8. The fourth-order valence-corrected chi connectivity index (χ4v) is 1.57. The van der Waals surface area contributed by atoms with Gasteiger partial charge >= 0.3 is 5.97 Å². The Morgan fingerprint density at radius 3 is 2.24 bits per heavy atom. The van der Waals surface area contributed by atoms with Gasteiger partial charge in [-0.2, -0.15) is 0 Å². The molecule has 0 N–H and O–H groups in total. The maximum Gasteiger partial charge on any atom is 0.333 e. The molecule has 0 aliphatic carbocycles. The molecule has 0 aromatic heterocycles. The van der Waals surface area contributed by atoms with Crippen LogP contribution in [0.25, 0.3) is 0 Å². The summed E-state index contributed by atoms with van der Waals surface area (Å²) < 4.78 is 4.67. The second kappa shape index (κ2) is 5.53. The maximum absolute atomic E-state index is 11.4. The number of nitrogens with zero attached hydrogens (tertiary/aromatic N) is 1. The lowest BCUT2D eigenvalue weighted by Crippen LogP contribution is -2.11. The smallest absolute Gasteiger partial charge is 0.333 e. The van der Waals surface area contributed by atoms with Crippen LogP contribution in [-0.2, 0) is 9.53 Å². The molecule has 0 heterocycles. The minimum Gasteiger partial charge on any atom is -0.466 e. The Morgan fingerprint density at radius 2 is 1.82 bits per heavy atom. The lowest BCUT2D eigenvalue weighted by molar-refractivity contribution is -0.136. The number of carbonyl (C=O) groups excluding carboxylic acids is 1. The number of rotatable bonds is 4. The van der Waals surface area contributed by atoms with E-state index in [1.54, 1.807) is 0 Å². The average Bonchev–Trinajstić information content (AvgIpc) is 2.36. The molecule has 1 atom stereocenters. The van der Waals surface area contributed by atoms with Crippen molar-refractivity contribution in [1.82, 2.24) is 0 Å². The molecule has 0 spiro atoms. The van der Waals surface area contributed by atoms with Crippen molar-refractivity contribution in [1.29, 1.82) is 0 Å². The zero-order valence-electron chi connectivity index (χ0n) is 10.9. The van der Waals surface area contributed by atoms with E-state index >= 15 is 0 Å². The number of methoxy groups -OCH3 is 1. The van der Waals surface area contributed by atoms with E-state index in [9.17, 15) is 4.79 Å². The first-order valence-corrected chi connectivity index (χ1v) is 5.51. The van der Waals surface area contributed by atoms with Crippen LogP contribution in [0.3, 0.4) is 0 Å². The predicted octanol–water partition coefficient (Wildman–Crippen LogP) is 2.59. The molecule has 0 aliphatic heterocycles. The van der Waals surface area contributed by atoms with Gasteiger partial charge in [0.15, 0.2) is 0 Å². The van der Waals surface area contributed by atoms with Crippen molar-refractivity contribution in [2.45, 2.75) is 12.8 Å². The molecule has 3 nitrogen and oxygen atoms in total. The number of hydrogen-bond donors (Lipinski definition) is 0. The summed E-state index contributed by atoms with van der Waals surface area (Å²) in [6.45, 7) is 5.72. The maximum atomic E-state index is 11.4. The Bertz CT molecular complexity index is 407. The Hall–Kier alpha value is -1.77. The molecule has 1 aromatic carbocycles.